The molecule has 3 aliphatic rings. The topological polar surface area (TPSA) is 26.0 Å². The summed E-state index contributed by atoms with van der Waals surface area (Å²) in [4.78, 5) is 0. The first-order valence-electron chi connectivity index (χ1n) is 6.65. The van der Waals surface area contributed by atoms with Crippen LogP contribution in [0.25, 0.3) is 0 Å². The van der Waals surface area contributed by atoms with E-state index in [-0.39, 0.29) is 0 Å². The number of nitrogens with two attached hydrogens (primary N) is 1. The summed E-state index contributed by atoms with van der Waals surface area (Å²) in [5, 5.41) is 0. The highest BCUT2D eigenvalue weighted by atomic mass is 14.6. The van der Waals surface area contributed by atoms with Crippen LogP contribution in [0.2, 0.25) is 0 Å². The molecule has 2 atom stereocenters. The highest BCUT2D eigenvalue weighted by Crippen LogP contribution is 2.52. The molecule has 3 aliphatic carbocycles. The summed E-state index contributed by atoms with van der Waals surface area (Å²) >= 11 is 0. The second-order valence-electron chi connectivity index (χ2n) is 5.51. The quantitative estimate of drug-likeness (QED) is 0.805. The predicted molar refractivity (Wildman–Crippen MR) is 67.2 cm³/mol. The first kappa shape index (κ1) is 10.3. The minimum Gasteiger partial charge on any atom is -0.330 e. The van der Waals surface area contributed by atoms with E-state index in [0.717, 1.165) is 30.2 Å². The molecule has 0 unspecified atom stereocenters. The second kappa shape index (κ2) is 4.21. The molecule has 86 valence electrons. The van der Waals surface area contributed by atoms with Crippen molar-refractivity contribution in [3.63, 3.8) is 0 Å². The Morgan fingerprint density at radius 1 is 0.938 bits per heavy atom. The van der Waals surface area contributed by atoms with E-state index in [0.29, 0.717) is 0 Å². The lowest BCUT2D eigenvalue weighted by Crippen LogP contribution is -2.42. The molecule has 2 bridgehead atoms. The van der Waals surface area contributed by atoms with E-state index in [1.54, 1.807) is 0 Å². The van der Waals surface area contributed by atoms with E-state index in [4.69, 9.17) is 5.73 Å². The molecule has 16 heavy (non-hydrogen) atoms. The number of rotatable bonds is 2. The van der Waals surface area contributed by atoms with Gasteiger partial charge in [-0.2, -0.15) is 0 Å². The molecular weight excluding hydrogens is 194 g/mol. The van der Waals surface area contributed by atoms with E-state index >= 15 is 0 Å². The molecule has 4 rings (SSSR count). The lowest BCUT2D eigenvalue weighted by Gasteiger charge is -2.48. The predicted octanol–water partition coefficient (Wildman–Crippen LogP) is 3.17. The third-order valence-corrected chi connectivity index (χ3v) is 4.85. The van der Waals surface area contributed by atoms with Gasteiger partial charge in [-0.05, 0) is 61.5 Å². The van der Waals surface area contributed by atoms with Crippen LogP contribution >= 0.6 is 0 Å². The highest BCUT2D eigenvalue weighted by Gasteiger charge is 2.43. The van der Waals surface area contributed by atoms with Crippen molar-refractivity contribution in [3.05, 3.63) is 35.9 Å². The molecule has 3 saturated carbocycles. The molecule has 0 radical (unpaired) electrons. The van der Waals surface area contributed by atoms with Gasteiger partial charge in [0.1, 0.15) is 0 Å². The van der Waals surface area contributed by atoms with Crippen molar-refractivity contribution in [1.82, 2.24) is 0 Å². The van der Waals surface area contributed by atoms with Crippen molar-refractivity contribution < 1.29 is 0 Å². The molecule has 3 fully saturated rings. The first-order valence-corrected chi connectivity index (χ1v) is 6.65. The minimum atomic E-state index is 0.745. The van der Waals surface area contributed by atoms with Crippen LogP contribution in [0.3, 0.4) is 0 Å². The molecule has 1 aromatic rings. The van der Waals surface area contributed by atoms with Crippen LogP contribution in [0.1, 0.15) is 37.2 Å². The monoisotopic (exact) mass is 215 g/mol. The van der Waals surface area contributed by atoms with E-state index in [1.165, 1.54) is 31.2 Å². The van der Waals surface area contributed by atoms with Gasteiger partial charge in [0.05, 0.1) is 0 Å². The number of benzene rings is 1. The van der Waals surface area contributed by atoms with Gasteiger partial charge in [0.25, 0.3) is 0 Å². The van der Waals surface area contributed by atoms with Gasteiger partial charge in [0.2, 0.25) is 0 Å². The summed E-state index contributed by atoms with van der Waals surface area (Å²) in [6.45, 7) is 0.876. The lowest BCUT2D eigenvalue weighted by atomic mass is 9.57. The molecule has 1 aromatic carbocycles. The Morgan fingerprint density at radius 2 is 1.56 bits per heavy atom. The summed E-state index contributed by atoms with van der Waals surface area (Å²) in [7, 11) is 0. The van der Waals surface area contributed by atoms with Crippen molar-refractivity contribution in [2.24, 2.45) is 23.5 Å². The fourth-order valence-electron chi connectivity index (χ4n) is 4.11. The summed E-state index contributed by atoms with van der Waals surface area (Å²) in [5.74, 6) is 3.30. The van der Waals surface area contributed by atoms with Gasteiger partial charge in [-0.15, -0.1) is 0 Å². The maximum absolute atomic E-state index is 6.02. The molecule has 1 heteroatoms. The molecule has 0 aliphatic heterocycles. The zero-order valence-corrected chi connectivity index (χ0v) is 9.81. The molecular formula is C15H21N. The number of hydrogen-bond donors (Lipinski definition) is 1. The molecule has 0 spiro atoms. The highest BCUT2D eigenvalue weighted by molar-refractivity contribution is 5.23. The van der Waals surface area contributed by atoms with Crippen LogP contribution in [-0.2, 0) is 0 Å². The molecule has 0 aromatic heterocycles. The van der Waals surface area contributed by atoms with E-state index in [9.17, 15) is 0 Å². The zero-order valence-electron chi connectivity index (χ0n) is 9.81. The van der Waals surface area contributed by atoms with Crippen LogP contribution in [0.15, 0.2) is 30.3 Å². The van der Waals surface area contributed by atoms with Crippen LogP contribution in [-0.4, -0.2) is 6.54 Å². The molecule has 2 N–H and O–H groups in total. The van der Waals surface area contributed by atoms with Crippen molar-refractivity contribution >= 4 is 0 Å². The standard InChI is InChI=1S/C15H21N/c16-10-14-11-6-8-13(9-7-11)15(14)12-4-2-1-3-5-12/h1-5,11,13-15H,6-10,16H2/t11?,13?,14-,15+/m1/s1. The van der Waals surface area contributed by atoms with Gasteiger partial charge in [-0.3, -0.25) is 0 Å². The van der Waals surface area contributed by atoms with E-state index in [1.807, 2.05) is 0 Å². The van der Waals surface area contributed by atoms with Crippen LogP contribution in [0, 0.1) is 17.8 Å². The van der Waals surface area contributed by atoms with Crippen LogP contribution in [0.5, 0.6) is 0 Å². The van der Waals surface area contributed by atoms with Crippen LogP contribution < -0.4 is 5.73 Å². The lowest BCUT2D eigenvalue weighted by molar-refractivity contribution is 0.0731. The minimum absolute atomic E-state index is 0.745. The molecule has 0 saturated heterocycles. The van der Waals surface area contributed by atoms with Crippen molar-refractivity contribution in [2.45, 2.75) is 31.6 Å². The van der Waals surface area contributed by atoms with E-state index < -0.39 is 0 Å². The van der Waals surface area contributed by atoms with Gasteiger partial charge in [-0.25, -0.2) is 0 Å². The normalized spacial score (nSPS) is 37.6. The Morgan fingerprint density at radius 3 is 2.19 bits per heavy atom. The number of hydrogen-bond acceptors (Lipinski definition) is 1. The second-order valence-corrected chi connectivity index (χ2v) is 5.51. The maximum atomic E-state index is 6.02. The Balaban J connectivity index is 1.93. The van der Waals surface area contributed by atoms with Gasteiger partial charge in [0.15, 0.2) is 0 Å². The summed E-state index contributed by atoms with van der Waals surface area (Å²) < 4.78 is 0. The molecule has 0 heterocycles. The SMILES string of the molecule is NC[C@@H]1C2CCC(CC2)[C@@H]1c1ccccc1. The fourth-order valence-corrected chi connectivity index (χ4v) is 4.11. The Bertz CT molecular complexity index is 338. The average molecular weight is 215 g/mol. The van der Waals surface area contributed by atoms with Gasteiger partial charge in [-0.1, -0.05) is 30.3 Å². The largest absolute Gasteiger partial charge is 0.330 e. The third kappa shape index (κ3) is 1.58. The summed E-state index contributed by atoms with van der Waals surface area (Å²) in [6, 6.07) is 11.1. The van der Waals surface area contributed by atoms with Crippen LogP contribution in [0.4, 0.5) is 0 Å². The van der Waals surface area contributed by atoms with Gasteiger partial charge >= 0.3 is 0 Å². The Kier molecular flexibility index (Phi) is 2.72. The Labute approximate surface area is 98.0 Å². The molecule has 1 nitrogen and oxygen atoms in total. The summed E-state index contributed by atoms with van der Waals surface area (Å²) in [5.41, 5.74) is 7.55. The maximum Gasteiger partial charge on any atom is -0.00403 e. The fraction of sp³-hybridized carbons (Fsp3) is 0.600. The average Bonchev–Trinajstić information content (AvgIpc) is 2.40. The Hall–Kier alpha value is -0.820. The number of fused-ring (bicyclic) bond motifs is 3. The zero-order chi connectivity index (χ0) is 11.0. The van der Waals surface area contributed by atoms with E-state index in [2.05, 4.69) is 30.3 Å². The smallest absolute Gasteiger partial charge is 0.00403 e. The first-order chi connectivity index (χ1) is 7.90. The molecule has 0 amide bonds. The summed E-state index contributed by atoms with van der Waals surface area (Å²) in [6.07, 6.45) is 5.72. The third-order valence-electron chi connectivity index (χ3n) is 4.85. The van der Waals surface area contributed by atoms with Gasteiger partial charge < -0.3 is 5.73 Å². The van der Waals surface area contributed by atoms with Crippen molar-refractivity contribution in [3.8, 4) is 0 Å². The van der Waals surface area contributed by atoms with Crippen molar-refractivity contribution in [2.75, 3.05) is 6.54 Å². The van der Waals surface area contributed by atoms with Gasteiger partial charge in [0, 0.05) is 0 Å². The van der Waals surface area contributed by atoms with Crippen molar-refractivity contribution in [1.29, 1.82) is 0 Å².